The van der Waals surface area contributed by atoms with Gasteiger partial charge in [0.2, 0.25) is 0 Å². The lowest BCUT2D eigenvalue weighted by molar-refractivity contribution is 0.621. The van der Waals surface area contributed by atoms with Crippen LogP contribution in [0.15, 0.2) is 40.9 Å². The Labute approximate surface area is 123 Å². The van der Waals surface area contributed by atoms with Crippen LogP contribution in [-0.2, 0) is 6.54 Å². The quantitative estimate of drug-likeness (QED) is 0.878. The van der Waals surface area contributed by atoms with Crippen LogP contribution in [0.25, 0.3) is 0 Å². The standard InChI is InChI=1S/C14H9BrClFN2/c15-12-4-3-11(6-14(12)17)19-8-10-2-1-9(7-18)5-13(10)16/h1-6,19H,8H2. The van der Waals surface area contributed by atoms with Gasteiger partial charge >= 0.3 is 0 Å². The predicted molar refractivity (Wildman–Crippen MR) is 77.6 cm³/mol. The van der Waals surface area contributed by atoms with Gasteiger partial charge in [0.25, 0.3) is 0 Å². The Balaban J connectivity index is 2.10. The highest BCUT2D eigenvalue weighted by Crippen LogP contribution is 2.22. The number of nitrogens with one attached hydrogen (secondary N) is 1. The van der Waals surface area contributed by atoms with Crippen LogP contribution in [0.5, 0.6) is 0 Å². The van der Waals surface area contributed by atoms with E-state index >= 15 is 0 Å². The molecule has 0 unspecified atom stereocenters. The maximum Gasteiger partial charge on any atom is 0.139 e. The molecular formula is C14H9BrClFN2. The van der Waals surface area contributed by atoms with E-state index in [1.165, 1.54) is 6.07 Å². The molecule has 0 spiro atoms. The summed E-state index contributed by atoms with van der Waals surface area (Å²) >= 11 is 9.16. The first-order valence-electron chi connectivity index (χ1n) is 5.47. The van der Waals surface area contributed by atoms with E-state index in [0.29, 0.717) is 27.3 Å². The van der Waals surface area contributed by atoms with Gasteiger partial charge in [-0.05, 0) is 51.8 Å². The summed E-state index contributed by atoms with van der Waals surface area (Å²) < 4.78 is 13.8. The van der Waals surface area contributed by atoms with Crippen LogP contribution in [0.2, 0.25) is 5.02 Å². The molecule has 0 aliphatic heterocycles. The van der Waals surface area contributed by atoms with Gasteiger partial charge in [0.1, 0.15) is 5.82 Å². The molecule has 19 heavy (non-hydrogen) atoms. The molecule has 1 N–H and O–H groups in total. The molecule has 2 nitrogen and oxygen atoms in total. The fraction of sp³-hybridized carbons (Fsp3) is 0.0714. The van der Waals surface area contributed by atoms with Crippen LogP contribution in [-0.4, -0.2) is 0 Å². The number of rotatable bonds is 3. The zero-order valence-corrected chi connectivity index (χ0v) is 12.1. The molecule has 0 bridgehead atoms. The zero-order valence-electron chi connectivity index (χ0n) is 9.75. The molecule has 0 radical (unpaired) electrons. The average Bonchev–Trinajstić information content (AvgIpc) is 2.41. The fourth-order valence-corrected chi connectivity index (χ4v) is 2.06. The number of benzene rings is 2. The summed E-state index contributed by atoms with van der Waals surface area (Å²) in [5, 5.41) is 12.3. The normalized spacial score (nSPS) is 10.0. The molecule has 0 saturated carbocycles. The van der Waals surface area contributed by atoms with Crippen molar-refractivity contribution in [3.8, 4) is 6.07 Å². The highest BCUT2D eigenvalue weighted by molar-refractivity contribution is 9.10. The van der Waals surface area contributed by atoms with Crippen molar-refractivity contribution in [3.63, 3.8) is 0 Å². The van der Waals surface area contributed by atoms with Crippen molar-refractivity contribution in [1.29, 1.82) is 5.26 Å². The Morgan fingerprint density at radius 1 is 1.26 bits per heavy atom. The second-order valence-corrected chi connectivity index (χ2v) is 5.16. The van der Waals surface area contributed by atoms with E-state index < -0.39 is 0 Å². The highest BCUT2D eigenvalue weighted by Gasteiger charge is 2.04. The monoisotopic (exact) mass is 338 g/mol. The van der Waals surface area contributed by atoms with Crippen molar-refractivity contribution in [3.05, 3.63) is 62.8 Å². The number of hydrogen-bond donors (Lipinski definition) is 1. The van der Waals surface area contributed by atoms with Crippen LogP contribution in [0.1, 0.15) is 11.1 Å². The van der Waals surface area contributed by atoms with Crippen LogP contribution in [0, 0.1) is 17.1 Å². The molecule has 2 aromatic carbocycles. The van der Waals surface area contributed by atoms with Gasteiger partial charge in [-0.1, -0.05) is 17.7 Å². The SMILES string of the molecule is N#Cc1ccc(CNc2ccc(Br)c(F)c2)c(Cl)c1. The third-order valence-electron chi connectivity index (χ3n) is 2.58. The second kappa shape index (κ2) is 6.05. The molecule has 0 amide bonds. The van der Waals surface area contributed by atoms with Crippen LogP contribution >= 0.6 is 27.5 Å². The van der Waals surface area contributed by atoms with E-state index in [9.17, 15) is 4.39 Å². The van der Waals surface area contributed by atoms with Crippen molar-refractivity contribution < 1.29 is 4.39 Å². The van der Waals surface area contributed by atoms with Gasteiger partial charge < -0.3 is 5.32 Å². The minimum atomic E-state index is -0.323. The van der Waals surface area contributed by atoms with Gasteiger partial charge in [-0.15, -0.1) is 0 Å². The van der Waals surface area contributed by atoms with Crippen molar-refractivity contribution in [2.24, 2.45) is 0 Å². The Hall–Kier alpha value is -1.57. The Bertz CT molecular complexity index is 652. The van der Waals surface area contributed by atoms with E-state index in [2.05, 4.69) is 21.2 Å². The molecule has 0 atom stereocenters. The lowest BCUT2D eigenvalue weighted by atomic mass is 10.1. The first-order valence-corrected chi connectivity index (χ1v) is 6.64. The Morgan fingerprint density at radius 2 is 2.05 bits per heavy atom. The van der Waals surface area contributed by atoms with Crippen LogP contribution in [0.4, 0.5) is 10.1 Å². The summed E-state index contributed by atoms with van der Waals surface area (Å²) in [4.78, 5) is 0. The molecule has 0 fully saturated rings. The number of nitrogens with zero attached hydrogens (tertiary/aromatic N) is 1. The minimum Gasteiger partial charge on any atom is -0.381 e. The van der Waals surface area contributed by atoms with Crippen molar-refractivity contribution in [1.82, 2.24) is 0 Å². The molecule has 0 aliphatic rings. The number of anilines is 1. The lowest BCUT2D eigenvalue weighted by Crippen LogP contribution is -2.00. The first-order chi connectivity index (χ1) is 9.10. The third kappa shape index (κ3) is 3.46. The van der Waals surface area contributed by atoms with Crippen LogP contribution in [0.3, 0.4) is 0 Å². The molecular weight excluding hydrogens is 331 g/mol. The van der Waals surface area contributed by atoms with Gasteiger partial charge in [0, 0.05) is 17.3 Å². The van der Waals surface area contributed by atoms with E-state index in [-0.39, 0.29) is 5.82 Å². The Morgan fingerprint density at radius 3 is 2.68 bits per heavy atom. The maximum atomic E-state index is 13.3. The summed E-state index contributed by atoms with van der Waals surface area (Å²) in [6.07, 6.45) is 0. The van der Waals surface area contributed by atoms with Gasteiger partial charge in [0.05, 0.1) is 16.1 Å². The van der Waals surface area contributed by atoms with Crippen molar-refractivity contribution >= 4 is 33.2 Å². The summed E-state index contributed by atoms with van der Waals surface area (Å²) in [5.41, 5.74) is 2.04. The molecule has 96 valence electrons. The van der Waals surface area contributed by atoms with E-state index in [1.54, 1.807) is 30.3 Å². The Kier molecular flexibility index (Phi) is 4.41. The lowest BCUT2D eigenvalue weighted by Gasteiger charge is -2.09. The summed E-state index contributed by atoms with van der Waals surface area (Å²) in [6.45, 7) is 0.464. The summed E-state index contributed by atoms with van der Waals surface area (Å²) in [5.74, 6) is -0.323. The predicted octanol–water partition coefficient (Wildman–Crippen LogP) is 4.73. The average molecular weight is 340 g/mol. The van der Waals surface area contributed by atoms with Crippen molar-refractivity contribution in [2.75, 3.05) is 5.32 Å². The molecule has 2 rings (SSSR count). The van der Waals surface area contributed by atoms with Gasteiger partial charge in [-0.25, -0.2) is 4.39 Å². The van der Waals surface area contributed by atoms with E-state index in [1.807, 2.05) is 6.07 Å². The smallest absolute Gasteiger partial charge is 0.139 e. The summed E-state index contributed by atoms with van der Waals surface area (Å²) in [7, 11) is 0. The van der Waals surface area contributed by atoms with Gasteiger partial charge in [-0.2, -0.15) is 5.26 Å². The fourth-order valence-electron chi connectivity index (χ4n) is 1.56. The minimum absolute atomic E-state index is 0.323. The molecule has 5 heteroatoms. The second-order valence-electron chi connectivity index (χ2n) is 3.90. The molecule has 0 aliphatic carbocycles. The van der Waals surface area contributed by atoms with Gasteiger partial charge in [-0.3, -0.25) is 0 Å². The maximum absolute atomic E-state index is 13.3. The third-order valence-corrected chi connectivity index (χ3v) is 3.58. The van der Waals surface area contributed by atoms with Crippen LogP contribution < -0.4 is 5.32 Å². The van der Waals surface area contributed by atoms with E-state index in [4.69, 9.17) is 16.9 Å². The largest absolute Gasteiger partial charge is 0.381 e. The molecule has 0 aromatic heterocycles. The highest BCUT2D eigenvalue weighted by atomic mass is 79.9. The van der Waals surface area contributed by atoms with Gasteiger partial charge in [0.15, 0.2) is 0 Å². The number of nitriles is 1. The molecule has 0 heterocycles. The van der Waals surface area contributed by atoms with E-state index in [0.717, 1.165) is 5.56 Å². The topological polar surface area (TPSA) is 35.8 Å². The number of hydrogen-bond acceptors (Lipinski definition) is 2. The zero-order chi connectivity index (χ0) is 13.8. The summed E-state index contributed by atoms with van der Waals surface area (Å²) in [6, 6.07) is 11.9. The van der Waals surface area contributed by atoms with Crippen molar-refractivity contribution in [2.45, 2.75) is 6.54 Å². The molecule has 0 saturated heterocycles. The number of halogens is 3. The molecule has 2 aromatic rings. The first kappa shape index (κ1) is 13.9.